The molecule has 0 fully saturated rings. The molecule has 0 aromatic heterocycles. The molecule has 0 rings (SSSR count). The Kier molecular flexibility index (Phi) is 6.82. The Balaban J connectivity index is 5.24. The predicted octanol–water partition coefficient (Wildman–Crippen LogP) is 3.96. The molecule has 0 unspecified atom stereocenters. The maximum atomic E-state index is 12.0. The topological polar surface area (TPSA) is 63.6 Å². The van der Waals surface area contributed by atoms with Crippen LogP contribution in [0.2, 0.25) is 18.1 Å². The normalized spacial score (nSPS) is 18.7. The van der Waals surface area contributed by atoms with Gasteiger partial charge < -0.3 is 9.53 Å². The van der Waals surface area contributed by atoms with Crippen LogP contribution in [0.15, 0.2) is 0 Å². The molecule has 0 aliphatic carbocycles. The van der Waals surface area contributed by atoms with Gasteiger partial charge >= 0.3 is 5.97 Å². The van der Waals surface area contributed by atoms with Crippen molar-refractivity contribution < 1.29 is 19.1 Å². The highest BCUT2D eigenvalue weighted by Gasteiger charge is 2.42. The van der Waals surface area contributed by atoms with Crippen LogP contribution in [0.5, 0.6) is 0 Å². The smallest absolute Gasteiger partial charge is 0.306 e. The van der Waals surface area contributed by atoms with Gasteiger partial charge in [-0.15, -0.1) is 0 Å². The number of carbonyl (C=O) groups is 2. The zero-order valence-corrected chi connectivity index (χ0v) is 16.0. The van der Waals surface area contributed by atoms with Crippen molar-refractivity contribution in [3.05, 3.63) is 0 Å². The van der Waals surface area contributed by atoms with E-state index in [1.54, 1.807) is 6.92 Å². The Morgan fingerprint density at radius 3 is 1.81 bits per heavy atom. The molecule has 0 amide bonds. The van der Waals surface area contributed by atoms with Crippen LogP contribution in [0.25, 0.3) is 0 Å². The minimum absolute atomic E-state index is 0.00168. The number of carboxylic acid groups (broad SMARTS) is 1. The van der Waals surface area contributed by atoms with Crippen LogP contribution in [0.4, 0.5) is 0 Å². The van der Waals surface area contributed by atoms with E-state index in [0.717, 1.165) is 0 Å². The van der Waals surface area contributed by atoms with E-state index in [4.69, 9.17) is 4.43 Å². The van der Waals surface area contributed by atoms with Crippen molar-refractivity contribution >= 4 is 20.1 Å². The van der Waals surface area contributed by atoms with E-state index >= 15 is 0 Å². The van der Waals surface area contributed by atoms with Crippen molar-refractivity contribution in [1.82, 2.24) is 0 Å². The van der Waals surface area contributed by atoms with Crippen LogP contribution >= 0.6 is 0 Å². The van der Waals surface area contributed by atoms with Gasteiger partial charge in [0.2, 0.25) is 0 Å². The molecular weight excluding hydrogens is 284 g/mol. The summed E-state index contributed by atoms with van der Waals surface area (Å²) in [5.74, 6) is -2.07. The van der Waals surface area contributed by atoms with Gasteiger partial charge in [0.05, 0.1) is 12.0 Å². The Morgan fingerprint density at radius 2 is 1.52 bits per heavy atom. The Hall–Kier alpha value is -0.683. The van der Waals surface area contributed by atoms with Crippen LogP contribution in [0.3, 0.4) is 0 Å². The fourth-order valence-corrected chi connectivity index (χ4v) is 3.81. The third kappa shape index (κ3) is 5.22. The lowest BCUT2D eigenvalue weighted by Gasteiger charge is -2.41. The van der Waals surface area contributed by atoms with Gasteiger partial charge in [0, 0.05) is 5.92 Å². The number of ketones is 1. The molecule has 0 saturated heterocycles. The molecule has 5 heteroatoms. The second-order valence-electron chi connectivity index (χ2n) is 7.71. The number of carboxylic acids is 1. The second kappa shape index (κ2) is 7.05. The number of Topliss-reactive ketones (excluding diaryl/α,β-unsaturated/α-hetero) is 1. The third-order valence-electron chi connectivity index (χ3n) is 5.01. The lowest BCUT2D eigenvalue weighted by Crippen LogP contribution is -2.47. The molecule has 0 aliphatic rings. The fourth-order valence-electron chi connectivity index (χ4n) is 2.38. The highest BCUT2D eigenvalue weighted by Crippen LogP contribution is 2.39. The average molecular weight is 317 g/mol. The lowest BCUT2D eigenvalue weighted by atomic mass is 9.79. The number of aliphatic carboxylic acids is 1. The van der Waals surface area contributed by atoms with Gasteiger partial charge in [-0.3, -0.25) is 9.59 Å². The van der Waals surface area contributed by atoms with Gasteiger partial charge in [-0.05, 0) is 37.9 Å². The summed E-state index contributed by atoms with van der Waals surface area (Å²) in [5.41, 5.74) is 0. The van der Waals surface area contributed by atoms with E-state index in [9.17, 15) is 14.7 Å². The Labute approximate surface area is 130 Å². The van der Waals surface area contributed by atoms with Crippen molar-refractivity contribution in [3.63, 3.8) is 0 Å². The molecular formula is C16H32O4Si. The maximum Gasteiger partial charge on any atom is 0.306 e. The molecule has 0 heterocycles. The van der Waals surface area contributed by atoms with E-state index < -0.39 is 20.2 Å². The summed E-state index contributed by atoms with van der Waals surface area (Å²) in [6.07, 6.45) is -0.264. The highest BCUT2D eigenvalue weighted by atomic mass is 28.4. The van der Waals surface area contributed by atoms with Gasteiger partial charge in [0.25, 0.3) is 0 Å². The summed E-state index contributed by atoms with van der Waals surface area (Å²) in [6, 6.07) is 0. The van der Waals surface area contributed by atoms with Gasteiger partial charge in [-0.1, -0.05) is 34.6 Å². The summed E-state index contributed by atoms with van der Waals surface area (Å²) in [5, 5.41) is 9.24. The summed E-state index contributed by atoms with van der Waals surface area (Å²) >= 11 is 0. The lowest BCUT2D eigenvalue weighted by molar-refractivity contribution is -0.144. The average Bonchev–Trinajstić information content (AvgIpc) is 2.24. The summed E-state index contributed by atoms with van der Waals surface area (Å²) in [4.78, 5) is 23.2. The zero-order valence-electron chi connectivity index (χ0n) is 15.0. The number of hydrogen-bond acceptors (Lipinski definition) is 3. The first-order chi connectivity index (χ1) is 9.22. The van der Waals surface area contributed by atoms with Crippen LogP contribution in [0.1, 0.15) is 48.5 Å². The molecule has 124 valence electrons. The van der Waals surface area contributed by atoms with Crippen molar-refractivity contribution in [2.45, 2.75) is 72.7 Å². The van der Waals surface area contributed by atoms with Crippen molar-refractivity contribution in [3.8, 4) is 0 Å². The highest BCUT2D eigenvalue weighted by molar-refractivity contribution is 6.74. The van der Waals surface area contributed by atoms with E-state index in [1.807, 2.05) is 13.8 Å². The number of rotatable bonds is 7. The summed E-state index contributed by atoms with van der Waals surface area (Å²) in [7, 11) is -1.98. The monoisotopic (exact) mass is 316 g/mol. The number of carbonyl (C=O) groups excluding carboxylic acids is 1. The molecule has 0 bridgehead atoms. The minimum atomic E-state index is -1.98. The first-order valence-electron chi connectivity index (χ1n) is 7.63. The number of hydrogen-bond donors (Lipinski definition) is 1. The van der Waals surface area contributed by atoms with Gasteiger partial charge in [-0.25, -0.2) is 0 Å². The van der Waals surface area contributed by atoms with Crippen molar-refractivity contribution in [2.75, 3.05) is 0 Å². The predicted molar refractivity (Wildman–Crippen MR) is 87.9 cm³/mol. The third-order valence-corrected chi connectivity index (χ3v) is 9.58. The SMILES string of the molecule is CC(=O)[C@@H]([C@H](C)[C@@H](C)C(=O)O)[C@@H](C)O[Si](C)(C)C(C)(C)C. The second-order valence-corrected chi connectivity index (χ2v) is 12.5. The van der Waals surface area contributed by atoms with E-state index in [2.05, 4.69) is 33.9 Å². The van der Waals surface area contributed by atoms with Crippen molar-refractivity contribution in [2.24, 2.45) is 17.8 Å². The molecule has 0 radical (unpaired) electrons. The van der Waals surface area contributed by atoms with Gasteiger partial charge in [0.15, 0.2) is 8.32 Å². The van der Waals surface area contributed by atoms with Gasteiger partial charge in [-0.2, -0.15) is 0 Å². The van der Waals surface area contributed by atoms with Crippen LogP contribution in [0, 0.1) is 17.8 Å². The van der Waals surface area contributed by atoms with Crippen LogP contribution < -0.4 is 0 Å². The largest absolute Gasteiger partial charge is 0.481 e. The van der Waals surface area contributed by atoms with Crippen LogP contribution in [-0.4, -0.2) is 31.3 Å². The standard InChI is InChI=1S/C16H32O4Si/c1-10(11(2)15(18)19)14(12(3)17)13(4)20-21(8,9)16(5,6)7/h10-11,13-14H,1-9H3,(H,18,19)/t10-,11-,13-,14-/m1/s1. The van der Waals surface area contributed by atoms with E-state index in [1.165, 1.54) is 6.92 Å². The molecule has 0 aliphatic heterocycles. The Bertz CT molecular complexity index is 384. The first-order valence-corrected chi connectivity index (χ1v) is 10.5. The maximum absolute atomic E-state index is 12.0. The van der Waals surface area contributed by atoms with E-state index in [-0.39, 0.29) is 28.8 Å². The van der Waals surface area contributed by atoms with E-state index in [0.29, 0.717) is 0 Å². The molecule has 4 nitrogen and oxygen atoms in total. The Morgan fingerprint density at radius 1 is 1.10 bits per heavy atom. The molecule has 4 atom stereocenters. The molecule has 1 N–H and O–H groups in total. The molecule has 0 aromatic carbocycles. The fraction of sp³-hybridized carbons (Fsp3) is 0.875. The molecule has 0 aromatic rings. The van der Waals surface area contributed by atoms with Crippen LogP contribution in [-0.2, 0) is 14.0 Å². The first kappa shape index (κ1) is 20.3. The quantitative estimate of drug-likeness (QED) is 0.722. The summed E-state index contributed by atoms with van der Waals surface area (Å²) < 4.78 is 6.30. The minimum Gasteiger partial charge on any atom is -0.481 e. The van der Waals surface area contributed by atoms with Crippen molar-refractivity contribution in [1.29, 1.82) is 0 Å². The molecule has 0 spiro atoms. The van der Waals surface area contributed by atoms with Gasteiger partial charge in [0.1, 0.15) is 5.78 Å². The summed E-state index contributed by atoms with van der Waals surface area (Å²) in [6.45, 7) is 17.7. The molecule has 21 heavy (non-hydrogen) atoms. The molecule has 0 saturated carbocycles. The zero-order chi connectivity index (χ0) is 17.2.